The molecule has 0 spiro atoms. The predicted octanol–water partition coefficient (Wildman–Crippen LogP) is 2.87. The Morgan fingerprint density at radius 1 is 1.50 bits per heavy atom. The van der Waals surface area contributed by atoms with Gasteiger partial charge in [-0.1, -0.05) is 24.9 Å². The van der Waals surface area contributed by atoms with Crippen molar-refractivity contribution >= 4 is 17.7 Å². The molecule has 2 rings (SSSR count). The number of hydrogen-bond acceptors (Lipinski definition) is 5. The molecule has 1 aliphatic carbocycles. The number of nitrogens with one attached hydrogen (secondary N) is 1. The van der Waals surface area contributed by atoms with Crippen LogP contribution in [0.1, 0.15) is 56.5 Å². The van der Waals surface area contributed by atoms with Crippen LogP contribution in [0.5, 0.6) is 0 Å². The summed E-state index contributed by atoms with van der Waals surface area (Å²) in [6.45, 7) is 6.00. The highest BCUT2D eigenvalue weighted by Crippen LogP contribution is 2.27. The molecule has 0 unspecified atom stereocenters. The molecular formula is C14H23N3O2S. The van der Waals surface area contributed by atoms with Gasteiger partial charge in [0.15, 0.2) is 5.82 Å². The van der Waals surface area contributed by atoms with Crippen molar-refractivity contribution in [1.82, 2.24) is 15.5 Å². The molecule has 1 N–H and O–H groups in total. The van der Waals surface area contributed by atoms with Crippen molar-refractivity contribution in [2.45, 2.75) is 57.7 Å². The summed E-state index contributed by atoms with van der Waals surface area (Å²) in [7, 11) is 0. The Morgan fingerprint density at radius 2 is 2.25 bits per heavy atom. The number of rotatable bonds is 5. The third-order valence-electron chi connectivity index (χ3n) is 3.81. The number of hydrogen-bond donors (Lipinski definition) is 1. The molecule has 1 aromatic heterocycles. The van der Waals surface area contributed by atoms with Crippen LogP contribution < -0.4 is 5.32 Å². The van der Waals surface area contributed by atoms with E-state index in [4.69, 9.17) is 4.52 Å². The lowest BCUT2D eigenvalue weighted by Gasteiger charge is -2.29. The van der Waals surface area contributed by atoms with E-state index in [2.05, 4.69) is 22.4 Å². The lowest BCUT2D eigenvalue weighted by atomic mass is 9.86. The summed E-state index contributed by atoms with van der Waals surface area (Å²) in [5, 5.41) is 6.97. The Morgan fingerprint density at radius 3 is 2.90 bits per heavy atom. The fourth-order valence-electron chi connectivity index (χ4n) is 2.53. The zero-order valence-corrected chi connectivity index (χ0v) is 13.2. The summed E-state index contributed by atoms with van der Waals surface area (Å²) in [5.41, 5.74) is 0. The van der Waals surface area contributed by atoms with Gasteiger partial charge in [0.05, 0.1) is 11.0 Å². The van der Waals surface area contributed by atoms with E-state index in [1.165, 1.54) is 31.0 Å². The van der Waals surface area contributed by atoms with Gasteiger partial charge in [-0.3, -0.25) is 4.79 Å². The van der Waals surface area contributed by atoms with E-state index in [0.29, 0.717) is 29.4 Å². The van der Waals surface area contributed by atoms with Gasteiger partial charge in [-0.2, -0.15) is 4.98 Å². The maximum absolute atomic E-state index is 12.0. The van der Waals surface area contributed by atoms with E-state index in [9.17, 15) is 4.79 Å². The standard InChI is InChI=1S/C14H23N3O2S/c1-9-6-4-5-7-12(9)16-13(18)8-20-10(2)14-15-11(3)17-19-14/h9-10,12H,4-8H2,1-3H3,(H,16,18)/t9-,10-,12+/m0/s1. The first-order valence-electron chi connectivity index (χ1n) is 7.27. The summed E-state index contributed by atoms with van der Waals surface area (Å²) in [5.74, 6) is 2.36. The molecule has 5 nitrogen and oxygen atoms in total. The van der Waals surface area contributed by atoms with E-state index >= 15 is 0 Å². The van der Waals surface area contributed by atoms with Gasteiger partial charge < -0.3 is 9.84 Å². The zero-order chi connectivity index (χ0) is 14.5. The van der Waals surface area contributed by atoms with Crippen molar-refractivity contribution in [1.29, 1.82) is 0 Å². The summed E-state index contributed by atoms with van der Waals surface area (Å²) in [6, 6.07) is 0.345. The van der Waals surface area contributed by atoms with Gasteiger partial charge in [0, 0.05) is 6.04 Å². The number of amides is 1. The van der Waals surface area contributed by atoms with E-state index in [-0.39, 0.29) is 11.2 Å². The van der Waals surface area contributed by atoms with Crippen molar-refractivity contribution in [2.75, 3.05) is 5.75 Å². The molecule has 6 heteroatoms. The van der Waals surface area contributed by atoms with Crippen molar-refractivity contribution < 1.29 is 9.32 Å². The zero-order valence-electron chi connectivity index (χ0n) is 12.4. The third kappa shape index (κ3) is 4.23. The average molecular weight is 297 g/mol. The topological polar surface area (TPSA) is 68.0 Å². The minimum absolute atomic E-state index is 0.0470. The molecule has 1 aliphatic rings. The summed E-state index contributed by atoms with van der Waals surface area (Å²) in [6.07, 6.45) is 4.83. The van der Waals surface area contributed by atoms with Gasteiger partial charge in [-0.25, -0.2) is 0 Å². The van der Waals surface area contributed by atoms with Crippen LogP contribution in [0.3, 0.4) is 0 Å². The van der Waals surface area contributed by atoms with Crippen LogP contribution in [0.25, 0.3) is 0 Å². The molecule has 20 heavy (non-hydrogen) atoms. The van der Waals surface area contributed by atoms with Crippen LogP contribution in [-0.4, -0.2) is 27.8 Å². The minimum atomic E-state index is 0.0470. The van der Waals surface area contributed by atoms with Crippen molar-refractivity contribution in [2.24, 2.45) is 5.92 Å². The SMILES string of the molecule is Cc1noc([C@H](C)SCC(=O)N[C@@H]2CCCC[C@@H]2C)n1. The number of thioether (sulfide) groups is 1. The van der Waals surface area contributed by atoms with Gasteiger partial charge in [-0.15, -0.1) is 11.8 Å². The van der Waals surface area contributed by atoms with Crippen molar-refractivity contribution in [3.63, 3.8) is 0 Å². The molecule has 0 aliphatic heterocycles. The molecule has 1 aromatic rings. The Labute approximate surface area is 124 Å². The maximum atomic E-state index is 12.0. The second-order valence-electron chi connectivity index (χ2n) is 5.57. The third-order valence-corrected chi connectivity index (χ3v) is 4.94. The molecule has 0 aromatic carbocycles. The predicted molar refractivity (Wildman–Crippen MR) is 79.5 cm³/mol. The lowest BCUT2D eigenvalue weighted by molar-refractivity contribution is -0.119. The Hall–Kier alpha value is -1.04. The average Bonchev–Trinajstić information content (AvgIpc) is 2.85. The van der Waals surface area contributed by atoms with Crippen LogP contribution in [0, 0.1) is 12.8 Å². The molecule has 3 atom stereocenters. The van der Waals surface area contributed by atoms with Gasteiger partial charge in [-0.05, 0) is 32.6 Å². The fourth-order valence-corrected chi connectivity index (χ4v) is 3.25. The Kier molecular flexibility index (Phi) is 5.46. The van der Waals surface area contributed by atoms with Crippen LogP contribution >= 0.6 is 11.8 Å². The first kappa shape index (κ1) is 15.4. The highest BCUT2D eigenvalue weighted by atomic mass is 32.2. The number of carbonyl (C=O) groups excluding carboxylic acids is 1. The molecular weight excluding hydrogens is 274 g/mol. The largest absolute Gasteiger partial charge is 0.352 e. The van der Waals surface area contributed by atoms with Crippen LogP contribution in [0.4, 0.5) is 0 Å². The number of aryl methyl sites for hydroxylation is 1. The molecule has 1 saturated carbocycles. The Bertz CT molecular complexity index is 449. The van der Waals surface area contributed by atoms with Crippen LogP contribution in [-0.2, 0) is 4.79 Å². The van der Waals surface area contributed by atoms with Crippen molar-refractivity contribution in [3.8, 4) is 0 Å². The number of nitrogens with zero attached hydrogens (tertiary/aromatic N) is 2. The summed E-state index contributed by atoms with van der Waals surface area (Å²) >= 11 is 1.53. The molecule has 0 bridgehead atoms. The van der Waals surface area contributed by atoms with E-state index in [1.54, 1.807) is 6.92 Å². The smallest absolute Gasteiger partial charge is 0.239 e. The van der Waals surface area contributed by atoms with Gasteiger partial charge in [0.2, 0.25) is 11.8 Å². The molecule has 1 heterocycles. The molecule has 0 saturated heterocycles. The normalized spacial score (nSPS) is 24.4. The second-order valence-corrected chi connectivity index (χ2v) is 6.90. The molecule has 1 amide bonds. The first-order valence-corrected chi connectivity index (χ1v) is 8.32. The highest BCUT2D eigenvalue weighted by molar-refractivity contribution is 8.00. The molecule has 0 radical (unpaired) electrons. The second kappa shape index (κ2) is 7.11. The minimum Gasteiger partial charge on any atom is -0.352 e. The summed E-state index contributed by atoms with van der Waals surface area (Å²) in [4.78, 5) is 16.2. The monoisotopic (exact) mass is 297 g/mol. The summed E-state index contributed by atoms with van der Waals surface area (Å²) < 4.78 is 5.11. The first-order chi connectivity index (χ1) is 9.56. The quantitative estimate of drug-likeness (QED) is 0.905. The van der Waals surface area contributed by atoms with Gasteiger partial charge in [0.1, 0.15) is 0 Å². The Balaban J connectivity index is 1.74. The van der Waals surface area contributed by atoms with E-state index < -0.39 is 0 Å². The maximum Gasteiger partial charge on any atom is 0.239 e. The van der Waals surface area contributed by atoms with E-state index in [1.807, 2.05) is 6.92 Å². The number of carbonyl (C=O) groups is 1. The number of aromatic nitrogens is 2. The van der Waals surface area contributed by atoms with Gasteiger partial charge in [0.25, 0.3) is 0 Å². The van der Waals surface area contributed by atoms with E-state index in [0.717, 1.165) is 6.42 Å². The fraction of sp³-hybridized carbons (Fsp3) is 0.786. The molecule has 112 valence electrons. The van der Waals surface area contributed by atoms with Crippen molar-refractivity contribution in [3.05, 3.63) is 11.7 Å². The lowest BCUT2D eigenvalue weighted by Crippen LogP contribution is -2.41. The van der Waals surface area contributed by atoms with Gasteiger partial charge >= 0.3 is 0 Å². The highest BCUT2D eigenvalue weighted by Gasteiger charge is 2.23. The van der Waals surface area contributed by atoms with Crippen LogP contribution in [0.2, 0.25) is 0 Å². The van der Waals surface area contributed by atoms with Crippen LogP contribution in [0.15, 0.2) is 4.52 Å². The molecule has 1 fully saturated rings.